The fraction of sp³-hybridized carbons (Fsp3) is 0.677. The van der Waals surface area contributed by atoms with Crippen molar-refractivity contribution in [3.8, 4) is 0 Å². The van der Waals surface area contributed by atoms with E-state index < -0.39 is 76.6 Å². The number of fused-ring (bicyclic) bond motifs is 4. The number of phosphoric acid groups is 1. The van der Waals surface area contributed by atoms with Crippen LogP contribution >= 0.6 is 14.5 Å². The fourth-order valence-corrected chi connectivity index (χ4v) is 12.1. The predicted molar refractivity (Wildman–Crippen MR) is 206 cm³/mol. The van der Waals surface area contributed by atoms with Crippen molar-refractivity contribution in [3.05, 3.63) is 29.3 Å². The standard InChI is InChI=1S/C31H46N10O11P2SSi/c1-8-46-53(43)48-11-31-9-15(31)19(40-13-36-17-24(32)34-12-35-25(17)40)21(52-56(6,7)30(2,3)4)23(31)51-54(44,55)47-10-16-20(45-5)22(50-53)28(49-16)41-14-37-18-26(41)38-29(33)39-27(18)42/h12-16,19-23,28H,8-11H2,1-7H3,(H,44,55)(H2,32,34,35)(H3,33,38,39,42)/t15-,16-,19-,20-,21?,22-,23+,28-,31?,53?,54?/m1/s1. The average Bonchev–Trinajstić information content (AvgIpc) is 3.41. The summed E-state index contributed by atoms with van der Waals surface area (Å²) in [6.45, 7) is 7.53. The van der Waals surface area contributed by atoms with Crippen LogP contribution in [0.2, 0.25) is 18.1 Å². The van der Waals surface area contributed by atoms with E-state index in [1.54, 1.807) is 13.3 Å². The highest BCUT2D eigenvalue weighted by molar-refractivity contribution is 8.07. The summed E-state index contributed by atoms with van der Waals surface area (Å²) in [6, 6.07) is -0.466. The topological polar surface area (TPSA) is 270 Å². The molecule has 6 heterocycles. The van der Waals surface area contributed by atoms with Crippen LogP contribution < -0.4 is 17.0 Å². The van der Waals surface area contributed by atoms with Crippen molar-refractivity contribution < 1.29 is 46.0 Å². The molecule has 11 atom stereocenters. The highest BCUT2D eigenvalue weighted by Gasteiger charge is 2.75. The van der Waals surface area contributed by atoms with Crippen LogP contribution in [0, 0.1) is 11.3 Å². The fourth-order valence-electron chi connectivity index (χ4n) is 7.91. The number of ether oxygens (including phenoxy) is 2. The molecule has 0 radical (unpaired) electrons. The van der Waals surface area contributed by atoms with Gasteiger partial charge in [0.15, 0.2) is 37.2 Å². The van der Waals surface area contributed by atoms with Gasteiger partial charge in [0.1, 0.15) is 36.3 Å². The molecule has 4 aromatic rings. The molecule has 4 aromatic heterocycles. The number of aromatic nitrogens is 8. The van der Waals surface area contributed by atoms with Crippen molar-refractivity contribution in [2.24, 2.45) is 11.3 Å². The van der Waals surface area contributed by atoms with Crippen LogP contribution in [0.1, 0.15) is 46.4 Å². The van der Waals surface area contributed by atoms with Gasteiger partial charge in [-0.1, -0.05) is 20.8 Å². The highest BCUT2D eigenvalue weighted by atomic mass is 32.5. The van der Waals surface area contributed by atoms with Crippen LogP contribution in [0.4, 0.5) is 11.8 Å². The number of nitrogens with one attached hydrogen (secondary N) is 1. The summed E-state index contributed by atoms with van der Waals surface area (Å²) in [5, 5.41) is -0.229. The van der Waals surface area contributed by atoms with Gasteiger partial charge in [0, 0.05) is 12.5 Å². The molecular weight excluding hydrogens is 811 g/mol. The summed E-state index contributed by atoms with van der Waals surface area (Å²) >= 11 is 5.72. The minimum absolute atomic E-state index is 0.0249. The minimum Gasteiger partial charge on any atom is -0.409 e. The van der Waals surface area contributed by atoms with Gasteiger partial charge < -0.3 is 43.9 Å². The van der Waals surface area contributed by atoms with Crippen LogP contribution in [0.15, 0.2) is 23.8 Å². The minimum atomic E-state index is -4.48. The SMILES string of the molecule is CCOP1(=O)OCC23C[C@@H]2[C@@H](n2cnc4c(N)ncnc42)C(O[Si](C)(C)C(C)(C)C)[C@@H]3OP(O)(=S)OC[C@H]2O[C@@H](n3cnc4c(=O)[nH]c(N)nc43)[C@H](O1)[C@@H]2OC. The number of anilines is 2. The van der Waals surface area contributed by atoms with Crippen LogP contribution in [0.25, 0.3) is 22.3 Å². The van der Waals surface area contributed by atoms with Crippen molar-refractivity contribution in [3.63, 3.8) is 0 Å². The summed E-state index contributed by atoms with van der Waals surface area (Å²) in [4.78, 5) is 48.6. The monoisotopic (exact) mass is 856 g/mol. The molecule has 2 aliphatic carbocycles. The third-order valence-electron chi connectivity index (χ3n) is 11.7. The lowest BCUT2D eigenvalue weighted by atomic mass is 10.0. The maximum absolute atomic E-state index is 14.8. The van der Waals surface area contributed by atoms with Gasteiger partial charge in [0.05, 0.1) is 44.6 Å². The highest BCUT2D eigenvalue weighted by Crippen LogP contribution is 2.73. The molecule has 25 heteroatoms. The third kappa shape index (κ3) is 6.67. The number of nitrogen functional groups attached to an aromatic ring is 2. The Kier molecular flexibility index (Phi) is 9.96. The van der Waals surface area contributed by atoms with E-state index in [-0.39, 0.29) is 53.7 Å². The van der Waals surface area contributed by atoms with Gasteiger partial charge >= 0.3 is 14.5 Å². The molecule has 0 aromatic carbocycles. The Balaban J connectivity index is 1.22. The number of H-pyrrole nitrogens is 1. The Hall–Kier alpha value is -2.76. The molecule has 2 saturated carbocycles. The van der Waals surface area contributed by atoms with E-state index in [2.05, 4.69) is 63.8 Å². The van der Waals surface area contributed by atoms with Gasteiger partial charge in [-0.05, 0) is 49.2 Å². The molecule has 4 unspecified atom stereocenters. The van der Waals surface area contributed by atoms with Gasteiger partial charge in [0.25, 0.3) is 5.56 Å². The van der Waals surface area contributed by atoms with E-state index >= 15 is 0 Å². The number of hydrogen-bond donors (Lipinski definition) is 4. The van der Waals surface area contributed by atoms with Crippen molar-refractivity contribution in [2.75, 3.05) is 38.4 Å². The molecular formula is C31H46N10O11P2SSi. The van der Waals surface area contributed by atoms with Crippen LogP contribution in [-0.4, -0.2) is 110 Å². The Labute approximate surface area is 327 Å². The van der Waals surface area contributed by atoms with E-state index in [0.717, 1.165) is 0 Å². The summed E-state index contributed by atoms with van der Waals surface area (Å²) in [5.74, 6) is -0.184. The second-order valence-electron chi connectivity index (χ2n) is 16.0. The van der Waals surface area contributed by atoms with Gasteiger partial charge in [-0.3, -0.25) is 27.9 Å². The first kappa shape index (κ1) is 40.0. The van der Waals surface area contributed by atoms with Gasteiger partial charge in [-0.25, -0.2) is 24.5 Å². The Morgan fingerprint density at radius 3 is 2.54 bits per heavy atom. The molecule has 4 aliphatic rings. The molecule has 6 N–H and O–H groups in total. The molecule has 2 aliphatic heterocycles. The number of rotatable bonds is 7. The number of phosphoric ester groups is 1. The van der Waals surface area contributed by atoms with E-state index in [0.29, 0.717) is 17.6 Å². The van der Waals surface area contributed by atoms with Crippen molar-refractivity contribution >= 4 is 68.8 Å². The number of methoxy groups -OCH3 is 1. The quantitative estimate of drug-likeness (QED) is 0.153. The molecule has 21 nitrogen and oxygen atoms in total. The molecule has 1 spiro atoms. The molecule has 0 amide bonds. The largest absolute Gasteiger partial charge is 0.475 e. The zero-order valence-corrected chi connectivity index (χ0v) is 35.4. The Morgan fingerprint density at radius 1 is 1.09 bits per heavy atom. The van der Waals surface area contributed by atoms with Crippen LogP contribution in [0.5, 0.6) is 0 Å². The van der Waals surface area contributed by atoms with Gasteiger partial charge in [-0.2, -0.15) is 4.98 Å². The van der Waals surface area contributed by atoms with Crippen molar-refractivity contribution in [2.45, 2.75) is 95.0 Å². The predicted octanol–water partition coefficient (Wildman–Crippen LogP) is 3.17. The third-order valence-corrected chi connectivity index (χ3v) is 19.2. The summed E-state index contributed by atoms with van der Waals surface area (Å²) < 4.78 is 68.7. The Morgan fingerprint density at radius 2 is 1.82 bits per heavy atom. The average molecular weight is 857 g/mol. The second kappa shape index (κ2) is 13.9. The molecule has 8 rings (SSSR count). The molecule has 2 bridgehead atoms. The first-order valence-corrected chi connectivity index (χ1v) is 25.0. The number of nitrogens with two attached hydrogens (primary N) is 2. The van der Waals surface area contributed by atoms with Gasteiger partial charge in [-0.15, -0.1) is 0 Å². The molecule has 56 heavy (non-hydrogen) atoms. The maximum atomic E-state index is 14.8. The first-order valence-electron chi connectivity index (χ1n) is 18.1. The number of imidazole rings is 2. The van der Waals surface area contributed by atoms with E-state index in [1.165, 1.54) is 24.3 Å². The summed E-state index contributed by atoms with van der Waals surface area (Å²) in [5.41, 5.74) is 11.5. The Bertz CT molecular complexity index is 2320. The number of aromatic amines is 1. The van der Waals surface area contributed by atoms with E-state index in [1.807, 2.05) is 4.57 Å². The normalized spacial score (nSPS) is 36.5. The number of nitrogens with zero attached hydrogens (tertiary/aromatic N) is 7. The van der Waals surface area contributed by atoms with Crippen molar-refractivity contribution in [1.29, 1.82) is 0 Å². The van der Waals surface area contributed by atoms with Crippen molar-refractivity contribution in [1.82, 2.24) is 39.0 Å². The summed E-state index contributed by atoms with van der Waals surface area (Å²) in [7, 11) is -5.65. The lowest BCUT2D eigenvalue weighted by molar-refractivity contribution is -0.0625. The van der Waals surface area contributed by atoms with Crippen LogP contribution in [-0.2, 0) is 52.9 Å². The van der Waals surface area contributed by atoms with E-state index in [4.69, 9.17) is 59.8 Å². The van der Waals surface area contributed by atoms with Crippen LogP contribution in [0.3, 0.4) is 0 Å². The maximum Gasteiger partial charge on any atom is 0.475 e. The molecule has 306 valence electrons. The molecule has 4 fully saturated rings. The zero-order chi connectivity index (χ0) is 40.2. The first-order chi connectivity index (χ1) is 26.3. The van der Waals surface area contributed by atoms with E-state index in [9.17, 15) is 14.3 Å². The lowest BCUT2D eigenvalue weighted by Gasteiger charge is -2.43. The number of hydrogen-bond acceptors (Lipinski definition) is 18. The lowest BCUT2D eigenvalue weighted by Crippen LogP contribution is -2.50. The smallest absolute Gasteiger partial charge is 0.409 e. The second-order valence-corrected chi connectivity index (χ2v) is 25.2. The zero-order valence-electron chi connectivity index (χ0n) is 31.8. The van der Waals surface area contributed by atoms with Gasteiger partial charge in [0.2, 0.25) is 5.95 Å². The summed E-state index contributed by atoms with van der Waals surface area (Å²) in [6.07, 6.45) is -1.24. The molecule has 2 saturated heterocycles.